The van der Waals surface area contributed by atoms with Gasteiger partial charge in [0.2, 0.25) is 5.28 Å². The quantitative estimate of drug-likeness (QED) is 0.661. The molecule has 0 saturated heterocycles. The van der Waals surface area contributed by atoms with Gasteiger partial charge in [0, 0.05) is 22.7 Å². The standard InChI is InChI=1S/C15H11ClN2O/c1-19-13-8-3-2-6-11(13)12-7-4-5-10-9-17-15(16)18-14(10)12/h2-9H,1H3. The predicted molar refractivity (Wildman–Crippen MR) is 76.5 cm³/mol. The molecule has 1 heterocycles. The van der Waals surface area contributed by atoms with Crippen molar-refractivity contribution >= 4 is 22.5 Å². The molecule has 1 aromatic heterocycles. The van der Waals surface area contributed by atoms with Gasteiger partial charge >= 0.3 is 0 Å². The van der Waals surface area contributed by atoms with E-state index < -0.39 is 0 Å². The van der Waals surface area contributed by atoms with Gasteiger partial charge in [-0.3, -0.25) is 0 Å². The summed E-state index contributed by atoms with van der Waals surface area (Å²) in [7, 11) is 1.66. The summed E-state index contributed by atoms with van der Waals surface area (Å²) in [6.45, 7) is 0. The number of hydrogen-bond acceptors (Lipinski definition) is 3. The van der Waals surface area contributed by atoms with Crippen molar-refractivity contribution in [2.24, 2.45) is 0 Å². The Morgan fingerprint density at radius 2 is 1.79 bits per heavy atom. The van der Waals surface area contributed by atoms with Gasteiger partial charge in [-0.05, 0) is 17.7 Å². The Hall–Kier alpha value is -2.13. The van der Waals surface area contributed by atoms with Gasteiger partial charge in [-0.25, -0.2) is 9.97 Å². The van der Waals surface area contributed by atoms with E-state index in [1.165, 1.54) is 0 Å². The van der Waals surface area contributed by atoms with Crippen molar-refractivity contribution in [3.63, 3.8) is 0 Å². The monoisotopic (exact) mass is 270 g/mol. The molecule has 3 rings (SSSR count). The van der Waals surface area contributed by atoms with Gasteiger partial charge in [-0.1, -0.05) is 36.4 Å². The Bertz CT molecular complexity index is 743. The molecule has 2 aromatic carbocycles. The second kappa shape index (κ2) is 4.86. The maximum Gasteiger partial charge on any atom is 0.222 e. The minimum Gasteiger partial charge on any atom is -0.496 e. The van der Waals surface area contributed by atoms with E-state index >= 15 is 0 Å². The van der Waals surface area contributed by atoms with Crippen LogP contribution in [0.25, 0.3) is 22.0 Å². The Balaban J connectivity index is 2.33. The average Bonchev–Trinajstić information content (AvgIpc) is 2.46. The number of rotatable bonds is 2. The second-order valence-corrected chi connectivity index (χ2v) is 4.42. The molecule has 0 radical (unpaired) electrons. The molecule has 0 atom stereocenters. The van der Waals surface area contributed by atoms with Crippen molar-refractivity contribution in [2.75, 3.05) is 7.11 Å². The Kier molecular flexibility index (Phi) is 3.05. The van der Waals surface area contributed by atoms with E-state index in [9.17, 15) is 0 Å². The van der Waals surface area contributed by atoms with Gasteiger partial charge in [-0.2, -0.15) is 0 Å². The highest BCUT2D eigenvalue weighted by molar-refractivity contribution is 6.28. The van der Waals surface area contributed by atoms with Crippen LogP contribution in [0.4, 0.5) is 0 Å². The van der Waals surface area contributed by atoms with Crippen molar-refractivity contribution in [1.82, 2.24) is 9.97 Å². The molecule has 94 valence electrons. The lowest BCUT2D eigenvalue weighted by Crippen LogP contribution is -1.91. The number of benzene rings is 2. The highest BCUT2D eigenvalue weighted by Gasteiger charge is 2.10. The molecular formula is C15H11ClN2O. The van der Waals surface area contributed by atoms with Gasteiger partial charge in [0.15, 0.2) is 0 Å². The molecule has 0 bridgehead atoms. The zero-order valence-electron chi connectivity index (χ0n) is 10.3. The van der Waals surface area contributed by atoms with Crippen LogP contribution in [0.15, 0.2) is 48.7 Å². The first-order valence-electron chi connectivity index (χ1n) is 5.84. The minimum atomic E-state index is 0.245. The Morgan fingerprint density at radius 1 is 1.00 bits per heavy atom. The summed E-state index contributed by atoms with van der Waals surface area (Å²) in [5.74, 6) is 0.810. The summed E-state index contributed by atoms with van der Waals surface area (Å²) >= 11 is 5.90. The van der Waals surface area contributed by atoms with Crippen LogP contribution in [0.5, 0.6) is 5.75 Å². The molecule has 0 saturated carbocycles. The minimum absolute atomic E-state index is 0.245. The topological polar surface area (TPSA) is 35.0 Å². The molecule has 19 heavy (non-hydrogen) atoms. The fourth-order valence-electron chi connectivity index (χ4n) is 2.12. The normalized spacial score (nSPS) is 10.6. The largest absolute Gasteiger partial charge is 0.496 e. The van der Waals surface area contributed by atoms with E-state index in [2.05, 4.69) is 9.97 Å². The summed E-state index contributed by atoms with van der Waals surface area (Å²) < 4.78 is 5.40. The molecule has 0 fully saturated rings. The van der Waals surface area contributed by atoms with E-state index in [1.807, 2.05) is 42.5 Å². The van der Waals surface area contributed by atoms with E-state index in [0.29, 0.717) is 0 Å². The highest BCUT2D eigenvalue weighted by Crippen LogP contribution is 2.33. The molecular weight excluding hydrogens is 260 g/mol. The Labute approximate surface area is 115 Å². The lowest BCUT2D eigenvalue weighted by Gasteiger charge is -2.10. The number of fused-ring (bicyclic) bond motifs is 1. The first-order chi connectivity index (χ1) is 9.29. The van der Waals surface area contributed by atoms with Crippen LogP contribution in [0.3, 0.4) is 0 Å². The predicted octanol–water partition coefficient (Wildman–Crippen LogP) is 3.96. The zero-order chi connectivity index (χ0) is 13.2. The summed E-state index contributed by atoms with van der Waals surface area (Å²) in [6, 6.07) is 13.8. The number of hydrogen-bond donors (Lipinski definition) is 0. The van der Waals surface area contributed by atoms with Crippen molar-refractivity contribution in [3.8, 4) is 16.9 Å². The molecule has 0 N–H and O–H groups in total. The van der Waals surface area contributed by atoms with Crippen LogP contribution in [0.2, 0.25) is 5.28 Å². The Morgan fingerprint density at radius 3 is 2.63 bits per heavy atom. The third-order valence-corrected chi connectivity index (χ3v) is 3.16. The number of methoxy groups -OCH3 is 1. The molecule has 0 aliphatic carbocycles. The lowest BCUT2D eigenvalue weighted by molar-refractivity contribution is 0.416. The first-order valence-corrected chi connectivity index (χ1v) is 6.22. The molecule has 0 spiro atoms. The fourth-order valence-corrected chi connectivity index (χ4v) is 2.25. The van der Waals surface area contributed by atoms with Gasteiger partial charge in [0.25, 0.3) is 0 Å². The van der Waals surface area contributed by atoms with Crippen LogP contribution < -0.4 is 4.74 Å². The van der Waals surface area contributed by atoms with Crippen LogP contribution in [0.1, 0.15) is 0 Å². The highest BCUT2D eigenvalue weighted by atomic mass is 35.5. The second-order valence-electron chi connectivity index (χ2n) is 4.08. The van der Waals surface area contributed by atoms with E-state index in [-0.39, 0.29) is 5.28 Å². The number of ether oxygens (including phenoxy) is 1. The van der Waals surface area contributed by atoms with Crippen LogP contribution in [0, 0.1) is 0 Å². The van der Waals surface area contributed by atoms with Crippen LogP contribution in [-0.2, 0) is 0 Å². The third kappa shape index (κ3) is 2.13. The van der Waals surface area contributed by atoms with Gasteiger partial charge in [0.05, 0.1) is 12.6 Å². The van der Waals surface area contributed by atoms with Crippen LogP contribution >= 0.6 is 11.6 Å². The summed E-state index contributed by atoms with van der Waals surface area (Å²) in [5.41, 5.74) is 2.80. The SMILES string of the molecule is COc1ccccc1-c1cccc2cnc(Cl)nc12. The summed E-state index contributed by atoms with van der Waals surface area (Å²) in [4.78, 5) is 8.33. The smallest absolute Gasteiger partial charge is 0.222 e. The van der Waals surface area contributed by atoms with E-state index in [1.54, 1.807) is 13.3 Å². The molecule has 4 heteroatoms. The van der Waals surface area contributed by atoms with Gasteiger partial charge in [-0.15, -0.1) is 0 Å². The molecule has 0 unspecified atom stereocenters. The molecule has 3 nitrogen and oxygen atoms in total. The summed E-state index contributed by atoms with van der Waals surface area (Å²) in [5, 5.41) is 1.20. The first kappa shape index (κ1) is 11.9. The van der Waals surface area contributed by atoms with E-state index in [0.717, 1.165) is 27.8 Å². The van der Waals surface area contributed by atoms with Gasteiger partial charge < -0.3 is 4.74 Å². The van der Waals surface area contributed by atoms with E-state index in [4.69, 9.17) is 16.3 Å². The van der Waals surface area contributed by atoms with Crippen molar-refractivity contribution < 1.29 is 4.74 Å². The third-order valence-electron chi connectivity index (χ3n) is 2.98. The number of aromatic nitrogens is 2. The van der Waals surface area contributed by atoms with Crippen LogP contribution in [-0.4, -0.2) is 17.1 Å². The lowest BCUT2D eigenvalue weighted by atomic mass is 10.0. The van der Waals surface area contributed by atoms with Crippen molar-refractivity contribution in [2.45, 2.75) is 0 Å². The molecule has 0 aliphatic rings. The van der Waals surface area contributed by atoms with Crippen molar-refractivity contribution in [1.29, 1.82) is 0 Å². The fraction of sp³-hybridized carbons (Fsp3) is 0.0667. The van der Waals surface area contributed by atoms with Gasteiger partial charge in [0.1, 0.15) is 5.75 Å². The zero-order valence-corrected chi connectivity index (χ0v) is 11.1. The average molecular weight is 271 g/mol. The molecule has 0 aliphatic heterocycles. The molecule has 0 amide bonds. The number of nitrogens with zero attached hydrogens (tertiary/aromatic N) is 2. The maximum atomic E-state index is 5.90. The number of para-hydroxylation sites is 2. The van der Waals surface area contributed by atoms with Crippen molar-refractivity contribution in [3.05, 3.63) is 53.9 Å². The maximum absolute atomic E-state index is 5.90. The molecule has 3 aromatic rings. The number of halogens is 1. The summed E-state index contributed by atoms with van der Waals surface area (Å²) in [6.07, 6.45) is 1.73.